The lowest BCUT2D eigenvalue weighted by molar-refractivity contribution is 0.0149. The van der Waals surface area contributed by atoms with Gasteiger partial charge in [0.25, 0.3) is 0 Å². The zero-order chi connectivity index (χ0) is 10.3. The van der Waals surface area contributed by atoms with E-state index in [1.807, 2.05) is 0 Å². The Morgan fingerprint density at radius 1 is 1.07 bits per heavy atom. The Balaban J connectivity index is 1.80. The lowest BCUT2D eigenvalue weighted by atomic mass is 10.2. The number of hydrogen-bond donors (Lipinski definition) is 0. The molecule has 0 atom stereocenters. The molecule has 1 aliphatic rings. The summed E-state index contributed by atoms with van der Waals surface area (Å²) in [6.07, 6.45) is 2.59. The van der Waals surface area contributed by atoms with Crippen LogP contribution in [0.1, 0.15) is 12.8 Å². The van der Waals surface area contributed by atoms with Crippen molar-refractivity contribution >= 4 is 15.9 Å². The first-order chi connectivity index (χ1) is 6.83. The summed E-state index contributed by atoms with van der Waals surface area (Å²) >= 11 is 3.51. The summed E-state index contributed by atoms with van der Waals surface area (Å²) in [5, 5.41) is 1.06. The quantitative estimate of drug-likeness (QED) is 0.471. The predicted octanol–water partition coefficient (Wildman–Crippen LogP) is 1.84. The van der Waals surface area contributed by atoms with E-state index in [-0.39, 0.29) is 0 Å². The van der Waals surface area contributed by atoms with Crippen molar-refractivity contribution in [1.82, 2.24) is 0 Å². The Bertz CT molecular complexity index is 148. The summed E-state index contributed by atoms with van der Waals surface area (Å²) in [4.78, 5) is 0. The molecule has 84 valence electrons. The first-order valence-electron chi connectivity index (χ1n) is 5.03. The Morgan fingerprint density at radius 2 is 1.71 bits per heavy atom. The molecule has 0 N–H and O–H groups in total. The van der Waals surface area contributed by atoms with Crippen LogP contribution in [0.5, 0.6) is 0 Å². The van der Waals surface area contributed by atoms with E-state index < -0.39 is 0 Å². The number of ether oxygens (including phenoxy) is 3. The molecule has 3 nitrogen and oxygen atoms in total. The average Bonchev–Trinajstić information content (AvgIpc) is 2.98. The molecule has 0 radical (unpaired) electrons. The molecular weight excluding hydrogens is 248 g/mol. The van der Waals surface area contributed by atoms with Gasteiger partial charge in [-0.05, 0) is 12.8 Å². The van der Waals surface area contributed by atoms with Crippen LogP contribution in [0.4, 0.5) is 0 Å². The summed E-state index contributed by atoms with van der Waals surface area (Å²) in [6.45, 7) is 3.54. The number of hydrogen-bond acceptors (Lipinski definition) is 3. The Morgan fingerprint density at radius 3 is 2.29 bits per heavy atom. The van der Waals surface area contributed by atoms with E-state index in [2.05, 4.69) is 15.9 Å². The van der Waals surface area contributed by atoms with Crippen molar-refractivity contribution in [3.8, 4) is 0 Å². The highest BCUT2D eigenvalue weighted by molar-refractivity contribution is 9.09. The van der Waals surface area contributed by atoms with Gasteiger partial charge in [-0.25, -0.2) is 0 Å². The fourth-order valence-corrected chi connectivity index (χ4v) is 1.87. The molecule has 0 unspecified atom stereocenters. The maximum Gasteiger partial charge on any atom is 0.0701 e. The fraction of sp³-hybridized carbons (Fsp3) is 1.00. The van der Waals surface area contributed by atoms with Gasteiger partial charge in [0, 0.05) is 17.9 Å². The van der Waals surface area contributed by atoms with E-state index in [4.69, 9.17) is 14.2 Å². The monoisotopic (exact) mass is 266 g/mol. The second kappa shape index (κ2) is 6.77. The van der Waals surface area contributed by atoms with Crippen LogP contribution in [0.15, 0.2) is 0 Å². The van der Waals surface area contributed by atoms with Gasteiger partial charge in [-0.15, -0.1) is 0 Å². The third-order valence-electron chi connectivity index (χ3n) is 2.45. The van der Waals surface area contributed by atoms with Crippen LogP contribution in [0.25, 0.3) is 0 Å². The number of methoxy groups -OCH3 is 1. The lowest BCUT2D eigenvalue weighted by Crippen LogP contribution is -2.15. The van der Waals surface area contributed by atoms with Crippen molar-refractivity contribution in [3.63, 3.8) is 0 Å². The summed E-state index contributed by atoms with van der Waals surface area (Å²) in [5.41, 5.74) is 0.451. The Kier molecular flexibility index (Phi) is 6.01. The Hall–Kier alpha value is 0.360. The fourth-order valence-electron chi connectivity index (χ4n) is 1.14. The Labute approximate surface area is 94.2 Å². The van der Waals surface area contributed by atoms with Gasteiger partial charge < -0.3 is 14.2 Å². The van der Waals surface area contributed by atoms with Gasteiger partial charge in [-0.1, -0.05) is 15.9 Å². The van der Waals surface area contributed by atoms with Crippen LogP contribution in [0.3, 0.4) is 0 Å². The third-order valence-corrected chi connectivity index (χ3v) is 3.64. The van der Waals surface area contributed by atoms with Crippen molar-refractivity contribution in [2.75, 3.05) is 45.5 Å². The van der Waals surface area contributed by atoms with Gasteiger partial charge in [0.2, 0.25) is 0 Å². The average molecular weight is 267 g/mol. The molecule has 1 aliphatic carbocycles. The normalized spacial score (nSPS) is 18.4. The third kappa shape index (κ3) is 4.73. The van der Waals surface area contributed by atoms with Gasteiger partial charge in [0.15, 0.2) is 0 Å². The number of alkyl halides is 1. The minimum Gasteiger partial charge on any atom is -0.382 e. The van der Waals surface area contributed by atoms with E-state index in [9.17, 15) is 0 Å². The molecule has 1 saturated carbocycles. The van der Waals surface area contributed by atoms with Crippen molar-refractivity contribution < 1.29 is 14.2 Å². The molecule has 1 rings (SSSR count). The zero-order valence-corrected chi connectivity index (χ0v) is 10.3. The molecule has 0 amide bonds. The number of halogens is 1. The summed E-state index contributed by atoms with van der Waals surface area (Å²) in [6, 6.07) is 0. The maximum absolute atomic E-state index is 5.54. The molecule has 4 heteroatoms. The smallest absolute Gasteiger partial charge is 0.0701 e. The van der Waals surface area contributed by atoms with Gasteiger partial charge in [0.05, 0.1) is 33.0 Å². The van der Waals surface area contributed by atoms with Crippen LogP contribution >= 0.6 is 15.9 Å². The van der Waals surface area contributed by atoms with Crippen LogP contribution in [-0.4, -0.2) is 45.5 Å². The maximum atomic E-state index is 5.54. The van der Waals surface area contributed by atoms with Gasteiger partial charge >= 0.3 is 0 Å². The second-order valence-electron chi connectivity index (χ2n) is 3.79. The molecule has 1 fully saturated rings. The van der Waals surface area contributed by atoms with Crippen LogP contribution in [0, 0.1) is 5.41 Å². The van der Waals surface area contributed by atoms with E-state index in [1.165, 1.54) is 12.8 Å². The minimum atomic E-state index is 0.451. The van der Waals surface area contributed by atoms with Crippen molar-refractivity contribution in [2.24, 2.45) is 5.41 Å². The van der Waals surface area contributed by atoms with Gasteiger partial charge in [-0.2, -0.15) is 0 Å². The van der Waals surface area contributed by atoms with Gasteiger partial charge in [0.1, 0.15) is 0 Å². The highest BCUT2D eigenvalue weighted by atomic mass is 79.9. The first kappa shape index (κ1) is 12.4. The van der Waals surface area contributed by atoms with E-state index >= 15 is 0 Å². The molecule has 0 heterocycles. The molecule has 0 spiro atoms. The molecule has 0 aromatic rings. The molecule has 0 aromatic heterocycles. The largest absolute Gasteiger partial charge is 0.382 e. The lowest BCUT2D eigenvalue weighted by Gasteiger charge is -2.11. The topological polar surface area (TPSA) is 27.7 Å². The predicted molar refractivity (Wildman–Crippen MR) is 59.0 cm³/mol. The van der Waals surface area contributed by atoms with Crippen molar-refractivity contribution in [1.29, 1.82) is 0 Å². The molecule has 0 aliphatic heterocycles. The standard InChI is InChI=1S/C10H19BrO3/c1-12-4-5-13-6-7-14-9-10(8-11)2-3-10/h2-9H2,1H3. The van der Waals surface area contributed by atoms with Gasteiger partial charge in [-0.3, -0.25) is 0 Å². The van der Waals surface area contributed by atoms with Crippen LogP contribution in [-0.2, 0) is 14.2 Å². The molecule has 0 saturated heterocycles. The van der Waals surface area contributed by atoms with E-state index in [0.717, 1.165) is 11.9 Å². The molecule has 14 heavy (non-hydrogen) atoms. The first-order valence-corrected chi connectivity index (χ1v) is 6.15. The second-order valence-corrected chi connectivity index (χ2v) is 4.35. The molecule has 0 aromatic carbocycles. The molecular formula is C10H19BrO3. The molecule has 0 bridgehead atoms. The zero-order valence-electron chi connectivity index (χ0n) is 8.76. The van der Waals surface area contributed by atoms with Crippen molar-refractivity contribution in [3.05, 3.63) is 0 Å². The SMILES string of the molecule is COCCOCCOCC1(CBr)CC1. The summed E-state index contributed by atoms with van der Waals surface area (Å²) in [7, 11) is 1.67. The summed E-state index contributed by atoms with van der Waals surface area (Å²) in [5.74, 6) is 0. The van der Waals surface area contributed by atoms with Crippen molar-refractivity contribution in [2.45, 2.75) is 12.8 Å². The highest BCUT2D eigenvalue weighted by Crippen LogP contribution is 2.47. The summed E-state index contributed by atoms with van der Waals surface area (Å²) < 4.78 is 15.7. The number of rotatable bonds is 9. The van der Waals surface area contributed by atoms with Crippen LogP contribution < -0.4 is 0 Å². The highest BCUT2D eigenvalue weighted by Gasteiger charge is 2.41. The minimum absolute atomic E-state index is 0.451. The van der Waals surface area contributed by atoms with Crippen LogP contribution in [0.2, 0.25) is 0 Å². The van der Waals surface area contributed by atoms with E-state index in [1.54, 1.807) is 7.11 Å². The van der Waals surface area contributed by atoms with E-state index in [0.29, 0.717) is 31.8 Å².